The summed E-state index contributed by atoms with van der Waals surface area (Å²) in [6.45, 7) is 8.18. The second-order valence-corrected chi connectivity index (χ2v) is 11.0. The van der Waals surface area contributed by atoms with Gasteiger partial charge in [0.05, 0.1) is 19.0 Å². The monoisotopic (exact) mass is 553 g/mol. The average Bonchev–Trinajstić information content (AvgIpc) is 2.98. The molecule has 0 bridgehead atoms. The summed E-state index contributed by atoms with van der Waals surface area (Å²) in [7, 11) is 0. The lowest BCUT2D eigenvalue weighted by Gasteiger charge is -2.41. The number of carbonyl (C=O) groups excluding carboxylic acids is 3. The van der Waals surface area contributed by atoms with Crippen LogP contribution >= 0.6 is 0 Å². The van der Waals surface area contributed by atoms with Gasteiger partial charge in [-0.25, -0.2) is 0 Å². The standard InChI is InChI=1S/C33H39N5O3/c1-24-13-14-28(21-25(24)2)35-30(39)22-29-33(41)34-15-16-38(29)31(40)23-36-17-19-37(20-18-36)32(26-9-5-3-6-10-26)27-11-7-4-8-12-27/h3-14,21,29,32H,15-20,22-23H2,1-2H3,(H,34,41)(H,35,39). The third-order valence-corrected chi connectivity index (χ3v) is 8.18. The highest BCUT2D eigenvalue weighted by Gasteiger charge is 2.36. The highest BCUT2D eigenvalue weighted by Crippen LogP contribution is 2.29. The van der Waals surface area contributed by atoms with E-state index in [9.17, 15) is 14.4 Å². The molecular weight excluding hydrogens is 514 g/mol. The van der Waals surface area contributed by atoms with E-state index in [1.165, 1.54) is 11.1 Å². The molecule has 0 radical (unpaired) electrons. The lowest BCUT2D eigenvalue weighted by Crippen LogP contribution is -2.60. The predicted octanol–water partition coefficient (Wildman–Crippen LogP) is 3.37. The van der Waals surface area contributed by atoms with Gasteiger partial charge in [0.1, 0.15) is 6.04 Å². The summed E-state index contributed by atoms with van der Waals surface area (Å²) in [5.41, 5.74) is 5.42. The van der Waals surface area contributed by atoms with Gasteiger partial charge in [-0.2, -0.15) is 0 Å². The minimum absolute atomic E-state index is 0.0753. The van der Waals surface area contributed by atoms with Crippen molar-refractivity contribution in [3.63, 3.8) is 0 Å². The van der Waals surface area contributed by atoms with Gasteiger partial charge in [-0.1, -0.05) is 66.7 Å². The highest BCUT2D eigenvalue weighted by molar-refractivity contribution is 5.97. The number of nitrogens with zero attached hydrogens (tertiary/aromatic N) is 3. The molecule has 3 aromatic carbocycles. The Bertz CT molecular complexity index is 1320. The minimum atomic E-state index is -0.815. The van der Waals surface area contributed by atoms with Crippen molar-refractivity contribution in [2.75, 3.05) is 51.1 Å². The van der Waals surface area contributed by atoms with E-state index < -0.39 is 6.04 Å². The molecule has 2 aliphatic rings. The van der Waals surface area contributed by atoms with E-state index in [0.717, 1.165) is 37.3 Å². The number of rotatable bonds is 8. The van der Waals surface area contributed by atoms with Gasteiger partial charge in [0, 0.05) is 45.0 Å². The zero-order valence-electron chi connectivity index (χ0n) is 23.9. The number of nitrogens with one attached hydrogen (secondary N) is 2. The van der Waals surface area contributed by atoms with Crippen molar-refractivity contribution in [3.05, 3.63) is 101 Å². The smallest absolute Gasteiger partial charge is 0.243 e. The third kappa shape index (κ3) is 7.01. The highest BCUT2D eigenvalue weighted by atomic mass is 16.2. The molecule has 0 spiro atoms. The van der Waals surface area contributed by atoms with Crippen LogP contribution in [0, 0.1) is 13.8 Å². The van der Waals surface area contributed by atoms with Crippen molar-refractivity contribution in [2.45, 2.75) is 32.4 Å². The summed E-state index contributed by atoms with van der Waals surface area (Å²) in [4.78, 5) is 45.3. The maximum absolute atomic E-state index is 13.5. The largest absolute Gasteiger partial charge is 0.353 e. The Morgan fingerprint density at radius 1 is 0.854 bits per heavy atom. The van der Waals surface area contributed by atoms with Gasteiger partial charge in [-0.15, -0.1) is 0 Å². The fourth-order valence-corrected chi connectivity index (χ4v) is 5.77. The van der Waals surface area contributed by atoms with E-state index in [4.69, 9.17) is 0 Å². The molecule has 0 saturated carbocycles. The van der Waals surface area contributed by atoms with Crippen molar-refractivity contribution in [1.82, 2.24) is 20.0 Å². The maximum Gasteiger partial charge on any atom is 0.243 e. The Kier molecular flexibility index (Phi) is 9.11. The number of hydrogen-bond acceptors (Lipinski definition) is 5. The van der Waals surface area contributed by atoms with Gasteiger partial charge in [0.25, 0.3) is 0 Å². The quantitative estimate of drug-likeness (QED) is 0.447. The molecule has 2 aliphatic heterocycles. The van der Waals surface area contributed by atoms with Crippen LogP contribution in [0.2, 0.25) is 0 Å². The topological polar surface area (TPSA) is 85.0 Å². The minimum Gasteiger partial charge on any atom is -0.353 e. The van der Waals surface area contributed by atoms with Gasteiger partial charge < -0.3 is 15.5 Å². The first-order valence-corrected chi connectivity index (χ1v) is 14.4. The molecule has 0 aromatic heterocycles. The molecule has 41 heavy (non-hydrogen) atoms. The van der Waals surface area contributed by atoms with Gasteiger partial charge >= 0.3 is 0 Å². The SMILES string of the molecule is Cc1ccc(NC(=O)CC2C(=O)NCCN2C(=O)CN2CCN(C(c3ccccc3)c3ccccc3)CC2)cc1C. The molecule has 8 heteroatoms. The van der Waals surface area contributed by atoms with Crippen molar-refractivity contribution in [1.29, 1.82) is 0 Å². The number of carbonyl (C=O) groups is 3. The van der Waals surface area contributed by atoms with E-state index in [1.807, 2.05) is 44.2 Å². The Morgan fingerprint density at radius 2 is 1.49 bits per heavy atom. The summed E-state index contributed by atoms with van der Waals surface area (Å²) < 4.78 is 0. The van der Waals surface area contributed by atoms with E-state index >= 15 is 0 Å². The summed E-state index contributed by atoms with van der Waals surface area (Å²) in [5, 5.41) is 5.71. The lowest BCUT2D eigenvalue weighted by atomic mass is 9.96. The first-order chi connectivity index (χ1) is 19.9. The van der Waals surface area contributed by atoms with Crippen LogP contribution in [0.4, 0.5) is 5.69 Å². The Labute approximate surface area is 242 Å². The second kappa shape index (κ2) is 13.1. The van der Waals surface area contributed by atoms with Crippen molar-refractivity contribution < 1.29 is 14.4 Å². The molecule has 2 saturated heterocycles. The molecule has 3 aromatic rings. The maximum atomic E-state index is 13.5. The zero-order valence-corrected chi connectivity index (χ0v) is 23.9. The first-order valence-electron chi connectivity index (χ1n) is 14.4. The molecule has 2 fully saturated rings. The third-order valence-electron chi connectivity index (χ3n) is 8.18. The van der Waals surface area contributed by atoms with Crippen LogP contribution < -0.4 is 10.6 Å². The Balaban J connectivity index is 1.19. The molecule has 5 rings (SSSR count). The number of hydrogen-bond donors (Lipinski definition) is 2. The fraction of sp³-hybridized carbons (Fsp3) is 0.364. The number of amides is 3. The average molecular weight is 554 g/mol. The predicted molar refractivity (Wildman–Crippen MR) is 160 cm³/mol. The van der Waals surface area contributed by atoms with Crippen LogP contribution in [-0.2, 0) is 14.4 Å². The van der Waals surface area contributed by atoms with Gasteiger partial charge in [0.2, 0.25) is 17.7 Å². The number of piperazine rings is 2. The summed E-state index contributed by atoms with van der Waals surface area (Å²) in [5.74, 6) is -0.673. The van der Waals surface area contributed by atoms with E-state index in [2.05, 4.69) is 69.0 Å². The van der Waals surface area contributed by atoms with Crippen LogP contribution in [0.3, 0.4) is 0 Å². The Morgan fingerprint density at radius 3 is 2.10 bits per heavy atom. The molecule has 2 N–H and O–H groups in total. The van der Waals surface area contributed by atoms with Gasteiger partial charge in [-0.3, -0.25) is 24.2 Å². The zero-order chi connectivity index (χ0) is 28.8. The normalized spacial score (nSPS) is 18.3. The van der Waals surface area contributed by atoms with Crippen LogP contribution in [0.1, 0.15) is 34.7 Å². The lowest BCUT2D eigenvalue weighted by molar-refractivity contribution is -0.145. The van der Waals surface area contributed by atoms with Gasteiger partial charge in [-0.05, 0) is 48.2 Å². The van der Waals surface area contributed by atoms with Gasteiger partial charge in [0.15, 0.2) is 0 Å². The molecule has 0 aliphatic carbocycles. The molecule has 1 unspecified atom stereocenters. The molecule has 8 nitrogen and oxygen atoms in total. The van der Waals surface area contributed by atoms with Crippen LogP contribution in [-0.4, -0.2) is 84.3 Å². The van der Waals surface area contributed by atoms with Crippen molar-refractivity contribution in [3.8, 4) is 0 Å². The van der Waals surface area contributed by atoms with E-state index in [-0.39, 0.29) is 36.7 Å². The van der Waals surface area contributed by atoms with Crippen molar-refractivity contribution >= 4 is 23.4 Å². The molecule has 2 heterocycles. The number of anilines is 1. The van der Waals surface area contributed by atoms with E-state index in [0.29, 0.717) is 18.8 Å². The van der Waals surface area contributed by atoms with Crippen LogP contribution in [0.25, 0.3) is 0 Å². The fourth-order valence-electron chi connectivity index (χ4n) is 5.77. The van der Waals surface area contributed by atoms with Crippen molar-refractivity contribution in [2.24, 2.45) is 0 Å². The summed E-state index contributed by atoms with van der Waals surface area (Å²) in [6, 6.07) is 26.1. The summed E-state index contributed by atoms with van der Waals surface area (Å²) >= 11 is 0. The molecular formula is C33H39N5O3. The molecule has 3 amide bonds. The second-order valence-electron chi connectivity index (χ2n) is 11.0. The molecule has 1 atom stereocenters. The number of aryl methyl sites for hydroxylation is 2. The first kappa shape index (κ1) is 28.5. The molecule has 214 valence electrons. The van der Waals surface area contributed by atoms with E-state index in [1.54, 1.807) is 4.90 Å². The number of benzene rings is 3. The van der Waals surface area contributed by atoms with Crippen LogP contribution in [0.5, 0.6) is 0 Å². The van der Waals surface area contributed by atoms with Crippen LogP contribution in [0.15, 0.2) is 78.9 Å². The Hall–Kier alpha value is -4.01. The summed E-state index contributed by atoms with van der Waals surface area (Å²) in [6.07, 6.45) is -0.0753.